The largest absolute Gasteiger partial charge is 0.367 e. The number of hydrogen-bond donors (Lipinski definition) is 1. The van der Waals surface area contributed by atoms with Crippen LogP contribution in [0.4, 0.5) is 11.4 Å². The van der Waals surface area contributed by atoms with E-state index in [9.17, 15) is 9.59 Å². The lowest BCUT2D eigenvalue weighted by Crippen LogP contribution is -2.48. The monoisotopic (exact) mass is 439 g/mol. The molecule has 0 spiro atoms. The van der Waals surface area contributed by atoms with Gasteiger partial charge in [0.05, 0.1) is 15.6 Å². The van der Waals surface area contributed by atoms with Crippen LogP contribution in [0.1, 0.15) is 25.6 Å². The lowest BCUT2D eigenvalue weighted by atomic mass is 10.1. The number of nitrogens with zero attached hydrogens (tertiary/aromatic N) is 2. The van der Waals surface area contributed by atoms with E-state index in [1.165, 1.54) is 11.3 Å². The zero-order valence-corrected chi connectivity index (χ0v) is 18.2. The Balaban J connectivity index is 1.39. The Labute approximate surface area is 184 Å². The predicted molar refractivity (Wildman–Crippen MR) is 123 cm³/mol. The smallest absolute Gasteiger partial charge is 0.264 e. The molecule has 0 atom stereocenters. The number of amides is 2. The molecule has 1 aliphatic heterocycles. The highest BCUT2D eigenvalue weighted by Gasteiger charge is 2.24. The minimum Gasteiger partial charge on any atom is -0.367 e. The molecule has 0 bridgehead atoms. The Bertz CT molecular complexity index is 1060. The summed E-state index contributed by atoms with van der Waals surface area (Å²) in [7, 11) is 0. The van der Waals surface area contributed by atoms with Crippen LogP contribution < -0.4 is 10.2 Å². The summed E-state index contributed by atoms with van der Waals surface area (Å²) >= 11 is 8.00. The maximum atomic E-state index is 12.5. The van der Waals surface area contributed by atoms with Crippen LogP contribution in [0.3, 0.4) is 0 Å². The van der Waals surface area contributed by atoms with Gasteiger partial charge in [-0.05, 0) is 48.7 Å². The molecule has 0 aliphatic carbocycles. The second-order valence-corrected chi connectivity index (χ2v) is 8.60. The Kier molecular flexibility index (Phi) is 6.06. The maximum Gasteiger partial charge on any atom is 0.264 e. The van der Waals surface area contributed by atoms with Crippen LogP contribution in [0.5, 0.6) is 0 Å². The van der Waals surface area contributed by atoms with E-state index < -0.39 is 0 Å². The summed E-state index contributed by atoms with van der Waals surface area (Å²) in [6, 6.07) is 16.8. The minimum absolute atomic E-state index is 0.0879. The highest BCUT2D eigenvalue weighted by atomic mass is 35.5. The Morgan fingerprint density at radius 3 is 2.47 bits per heavy atom. The Morgan fingerprint density at radius 2 is 1.80 bits per heavy atom. The number of piperazine rings is 1. The number of aryl methyl sites for hydroxylation is 1. The van der Waals surface area contributed by atoms with Crippen molar-refractivity contribution in [1.82, 2.24) is 4.90 Å². The fourth-order valence-corrected chi connectivity index (χ4v) is 4.53. The lowest BCUT2D eigenvalue weighted by molar-refractivity contribution is 0.0751. The molecule has 30 heavy (non-hydrogen) atoms. The first-order valence-corrected chi connectivity index (χ1v) is 11.0. The van der Waals surface area contributed by atoms with Crippen molar-refractivity contribution in [2.24, 2.45) is 0 Å². The normalized spacial score (nSPS) is 13.9. The van der Waals surface area contributed by atoms with E-state index in [2.05, 4.69) is 10.2 Å². The third-order valence-corrected chi connectivity index (χ3v) is 6.29. The highest BCUT2D eigenvalue weighted by molar-refractivity contribution is 7.12. The second kappa shape index (κ2) is 8.90. The van der Waals surface area contributed by atoms with E-state index >= 15 is 0 Å². The molecular formula is C23H22ClN3O2S. The standard InChI is InChI=1S/C23H22ClN3O2S/c1-16-4-2-5-17(14-16)22(28)25-18-7-8-20(19(24)15-18)26-9-11-27(12-10-26)23(29)21-6-3-13-30-21/h2-8,13-15H,9-12H2,1H3,(H,25,28). The Hall–Kier alpha value is -2.83. The van der Waals surface area contributed by atoms with Gasteiger partial charge in [-0.25, -0.2) is 0 Å². The van der Waals surface area contributed by atoms with Gasteiger partial charge < -0.3 is 15.1 Å². The summed E-state index contributed by atoms with van der Waals surface area (Å²) in [6.45, 7) is 4.69. The Morgan fingerprint density at radius 1 is 1.00 bits per heavy atom. The van der Waals surface area contributed by atoms with E-state index in [-0.39, 0.29) is 11.8 Å². The van der Waals surface area contributed by atoms with Gasteiger partial charge >= 0.3 is 0 Å². The first-order chi connectivity index (χ1) is 14.5. The number of carbonyl (C=O) groups excluding carboxylic acids is 2. The number of carbonyl (C=O) groups is 2. The van der Waals surface area contributed by atoms with Crippen molar-refractivity contribution in [3.05, 3.63) is 81.0 Å². The van der Waals surface area contributed by atoms with Crippen molar-refractivity contribution in [2.75, 3.05) is 36.4 Å². The van der Waals surface area contributed by atoms with Gasteiger partial charge in [0.2, 0.25) is 0 Å². The molecule has 1 N–H and O–H groups in total. The van der Waals surface area contributed by atoms with Gasteiger partial charge in [-0.15, -0.1) is 11.3 Å². The zero-order chi connectivity index (χ0) is 21.1. The van der Waals surface area contributed by atoms with Gasteiger partial charge in [-0.1, -0.05) is 35.4 Å². The number of anilines is 2. The van der Waals surface area contributed by atoms with Crippen LogP contribution >= 0.6 is 22.9 Å². The van der Waals surface area contributed by atoms with Crippen molar-refractivity contribution < 1.29 is 9.59 Å². The molecule has 2 amide bonds. The van der Waals surface area contributed by atoms with Crippen LogP contribution in [0.2, 0.25) is 5.02 Å². The first kappa shape index (κ1) is 20.4. The molecular weight excluding hydrogens is 418 g/mol. The molecule has 1 aliphatic rings. The maximum absolute atomic E-state index is 12.5. The number of nitrogens with one attached hydrogen (secondary N) is 1. The summed E-state index contributed by atoms with van der Waals surface area (Å²) in [5, 5.41) is 5.40. The van der Waals surface area contributed by atoms with Crippen molar-refractivity contribution in [2.45, 2.75) is 6.92 Å². The summed E-state index contributed by atoms with van der Waals surface area (Å²) in [5.74, 6) is -0.0758. The third-order valence-electron chi connectivity index (χ3n) is 5.13. The van der Waals surface area contributed by atoms with Crippen LogP contribution in [0, 0.1) is 6.92 Å². The molecule has 1 fully saturated rings. The van der Waals surface area contributed by atoms with Gasteiger partial charge in [-0.2, -0.15) is 0 Å². The van der Waals surface area contributed by atoms with Crippen LogP contribution in [0.15, 0.2) is 60.0 Å². The summed E-state index contributed by atoms with van der Waals surface area (Å²) in [6.07, 6.45) is 0. The van der Waals surface area contributed by atoms with E-state index in [1.807, 2.05) is 59.7 Å². The van der Waals surface area contributed by atoms with Gasteiger partial charge in [-0.3, -0.25) is 9.59 Å². The zero-order valence-electron chi connectivity index (χ0n) is 16.6. The number of halogens is 1. The molecule has 4 rings (SSSR count). The average molecular weight is 440 g/mol. The number of thiophene rings is 1. The van der Waals surface area contributed by atoms with E-state index in [0.717, 1.165) is 16.1 Å². The molecule has 154 valence electrons. The summed E-state index contributed by atoms with van der Waals surface area (Å²) in [4.78, 5) is 29.8. The van der Waals surface area contributed by atoms with Crippen molar-refractivity contribution >= 4 is 46.1 Å². The van der Waals surface area contributed by atoms with Crippen molar-refractivity contribution in [3.63, 3.8) is 0 Å². The van der Waals surface area contributed by atoms with Gasteiger partial charge in [0, 0.05) is 37.4 Å². The second-order valence-electron chi connectivity index (χ2n) is 7.25. The minimum atomic E-state index is -0.164. The molecule has 3 aromatic rings. The fourth-order valence-electron chi connectivity index (χ4n) is 3.54. The van der Waals surface area contributed by atoms with Crippen LogP contribution in [0.25, 0.3) is 0 Å². The predicted octanol–water partition coefficient (Wildman–Crippen LogP) is 4.92. The van der Waals surface area contributed by atoms with E-state index in [4.69, 9.17) is 11.6 Å². The van der Waals surface area contributed by atoms with E-state index in [1.54, 1.807) is 12.1 Å². The summed E-state index contributed by atoms with van der Waals surface area (Å²) in [5.41, 5.74) is 3.21. The number of rotatable bonds is 4. The third kappa shape index (κ3) is 4.50. The topological polar surface area (TPSA) is 52.7 Å². The molecule has 0 radical (unpaired) electrons. The molecule has 2 aromatic carbocycles. The van der Waals surface area contributed by atoms with Gasteiger partial charge in [0.1, 0.15) is 0 Å². The molecule has 5 nitrogen and oxygen atoms in total. The average Bonchev–Trinajstić information content (AvgIpc) is 3.28. The molecule has 0 unspecified atom stereocenters. The van der Waals surface area contributed by atoms with Gasteiger partial charge in [0.25, 0.3) is 11.8 Å². The van der Waals surface area contributed by atoms with Gasteiger partial charge in [0.15, 0.2) is 0 Å². The molecule has 7 heteroatoms. The molecule has 2 heterocycles. The quantitative estimate of drug-likeness (QED) is 0.627. The summed E-state index contributed by atoms with van der Waals surface area (Å²) < 4.78 is 0. The highest BCUT2D eigenvalue weighted by Crippen LogP contribution is 2.30. The number of hydrogen-bond acceptors (Lipinski definition) is 4. The van der Waals surface area contributed by atoms with Crippen LogP contribution in [-0.2, 0) is 0 Å². The van der Waals surface area contributed by atoms with Crippen molar-refractivity contribution in [1.29, 1.82) is 0 Å². The fraction of sp³-hybridized carbons (Fsp3) is 0.217. The van der Waals surface area contributed by atoms with E-state index in [0.29, 0.717) is 42.5 Å². The number of benzene rings is 2. The molecule has 1 saturated heterocycles. The molecule has 1 aromatic heterocycles. The van der Waals surface area contributed by atoms with Crippen molar-refractivity contribution in [3.8, 4) is 0 Å². The first-order valence-electron chi connectivity index (χ1n) is 9.76. The SMILES string of the molecule is Cc1cccc(C(=O)Nc2ccc(N3CCN(C(=O)c4cccs4)CC3)c(Cl)c2)c1. The van der Waals surface area contributed by atoms with Crippen LogP contribution in [-0.4, -0.2) is 42.9 Å². The lowest BCUT2D eigenvalue weighted by Gasteiger charge is -2.36. The molecule has 0 saturated carbocycles.